The Hall–Kier alpha value is -3.93. The minimum atomic E-state index is -0.991. The summed E-state index contributed by atoms with van der Waals surface area (Å²) in [5.41, 5.74) is 7.25. The number of carbonyl (C=O) groups is 1. The van der Waals surface area contributed by atoms with Crippen LogP contribution in [0.2, 0.25) is 0 Å². The first-order valence-electron chi connectivity index (χ1n) is 10.0. The van der Waals surface area contributed by atoms with Crippen molar-refractivity contribution in [1.82, 2.24) is 9.97 Å². The van der Waals surface area contributed by atoms with Gasteiger partial charge in [-0.25, -0.2) is 9.79 Å². The second-order valence-corrected chi connectivity index (χ2v) is 7.74. The molecule has 3 N–H and O–H groups in total. The fourth-order valence-corrected chi connectivity index (χ4v) is 3.54. The van der Waals surface area contributed by atoms with Crippen molar-refractivity contribution in [2.45, 2.75) is 27.7 Å². The molecule has 0 atom stereocenters. The van der Waals surface area contributed by atoms with Gasteiger partial charge in [-0.1, -0.05) is 5.57 Å². The van der Waals surface area contributed by atoms with E-state index < -0.39 is 5.97 Å². The molecule has 6 nitrogen and oxygen atoms in total. The van der Waals surface area contributed by atoms with Crippen LogP contribution in [0.5, 0.6) is 0 Å². The zero-order valence-electron chi connectivity index (χ0n) is 17.9. The minimum Gasteiger partial charge on any atom is -0.478 e. The van der Waals surface area contributed by atoms with Crippen molar-refractivity contribution in [2.75, 3.05) is 0 Å². The van der Waals surface area contributed by atoms with Crippen LogP contribution < -0.4 is 10.7 Å². The third-order valence-corrected chi connectivity index (χ3v) is 5.41. The van der Waals surface area contributed by atoms with Gasteiger partial charge in [-0.15, -0.1) is 0 Å². The summed E-state index contributed by atoms with van der Waals surface area (Å²) in [6.07, 6.45) is 9.58. The molecule has 0 aromatic carbocycles. The standard InChI is InChI=1S/C25H24N4O2/c1-14(2)17-7-11-22(27-17)24(25(30)31)23-12-10-21(29-23)16(4)20-9-8-19(28-20)15(3)18-6-5-13-26-18/h5-13,27,29H,1-4H3,(H,30,31). The normalized spacial score (nSPS) is 19.0. The van der Waals surface area contributed by atoms with Gasteiger partial charge in [-0.3, -0.25) is 4.99 Å². The van der Waals surface area contributed by atoms with E-state index >= 15 is 0 Å². The van der Waals surface area contributed by atoms with Gasteiger partial charge in [-0.2, -0.15) is 0 Å². The molecule has 0 aliphatic carbocycles. The van der Waals surface area contributed by atoms with Gasteiger partial charge in [0.2, 0.25) is 0 Å². The minimum absolute atomic E-state index is 0.203. The SMILES string of the molecule is CC(C1=NC(=C(C)c2ccc(C(C(=O)O)=c3ccc(=C(C)C)[nH]3)[nH]2)C=C1)=C1C=CC=N1. The second-order valence-electron chi connectivity index (χ2n) is 7.74. The largest absolute Gasteiger partial charge is 0.478 e. The molecule has 6 heteroatoms. The number of carboxylic acid groups (broad SMARTS) is 1. The van der Waals surface area contributed by atoms with Crippen molar-refractivity contribution in [3.05, 3.63) is 87.6 Å². The van der Waals surface area contributed by atoms with Crippen LogP contribution in [0.3, 0.4) is 0 Å². The Bertz CT molecular complexity index is 1370. The Kier molecular flexibility index (Phi) is 5.29. The third-order valence-electron chi connectivity index (χ3n) is 5.41. The van der Waals surface area contributed by atoms with Crippen LogP contribution >= 0.6 is 0 Å². The number of hydrogen-bond donors (Lipinski definition) is 3. The first kappa shape index (κ1) is 20.3. The van der Waals surface area contributed by atoms with Gasteiger partial charge in [0.05, 0.1) is 28.1 Å². The number of rotatable bonds is 4. The van der Waals surface area contributed by atoms with Crippen molar-refractivity contribution in [3.8, 4) is 0 Å². The smallest absolute Gasteiger partial charge is 0.339 e. The molecular formula is C25H24N4O2. The zero-order chi connectivity index (χ0) is 22.1. The highest BCUT2D eigenvalue weighted by Gasteiger charge is 2.17. The number of aromatic amines is 2. The molecule has 2 aromatic rings. The maximum atomic E-state index is 12.0. The summed E-state index contributed by atoms with van der Waals surface area (Å²) in [6, 6.07) is 7.37. The van der Waals surface area contributed by atoms with Crippen LogP contribution in [0.15, 0.2) is 75.5 Å². The molecule has 31 heavy (non-hydrogen) atoms. The molecule has 2 aromatic heterocycles. The molecule has 0 saturated heterocycles. The number of H-pyrrole nitrogens is 2. The van der Waals surface area contributed by atoms with E-state index in [9.17, 15) is 9.90 Å². The Morgan fingerprint density at radius 1 is 0.839 bits per heavy atom. The molecule has 4 heterocycles. The second kappa shape index (κ2) is 8.07. The van der Waals surface area contributed by atoms with Crippen molar-refractivity contribution in [3.63, 3.8) is 0 Å². The number of aromatic nitrogens is 2. The molecule has 2 aliphatic heterocycles. The topological polar surface area (TPSA) is 93.6 Å². The number of nitrogens with one attached hydrogen (secondary N) is 2. The van der Waals surface area contributed by atoms with Gasteiger partial charge in [-0.05, 0) is 81.8 Å². The van der Waals surface area contributed by atoms with Gasteiger partial charge in [0, 0.05) is 22.8 Å². The van der Waals surface area contributed by atoms with E-state index in [1.807, 2.05) is 64.1 Å². The highest BCUT2D eigenvalue weighted by molar-refractivity contribution is 6.14. The molecule has 0 bridgehead atoms. The molecule has 0 amide bonds. The maximum absolute atomic E-state index is 12.0. The van der Waals surface area contributed by atoms with Gasteiger partial charge in [0.25, 0.3) is 0 Å². The first-order chi connectivity index (χ1) is 14.8. The van der Waals surface area contributed by atoms with Crippen LogP contribution in [0.25, 0.3) is 16.7 Å². The molecule has 4 rings (SSSR count). The average molecular weight is 412 g/mol. The van der Waals surface area contributed by atoms with Gasteiger partial charge >= 0.3 is 5.97 Å². The molecule has 156 valence electrons. The zero-order valence-corrected chi connectivity index (χ0v) is 17.9. The van der Waals surface area contributed by atoms with Crippen LogP contribution in [0.4, 0.5) is 0 Å². The van der Waals surface area contributed by atoms with Crippen molar-refractivity contribution in [2.24, 2.45) is 9.98 Å². The molecule has 0 saturated carbocycles. The summed E-state index contributed by atoms with van der Waals surface area (Å²) in [5, 5.41) is 11.3. The molecule has 0 radical (unpaired) electrons. The quantitative estimate of drug-likeness (QED) is 0.717. The van der Waals surface area contributed by atoms with Crippen molar-refractivity contribution >= 4 is 34.6 Å². The molecule has 0 spiro atoms. The summed E-state index contributed by atoms with van der Waals surface area (Å²) in [4.78, 5) is 27.5. The maximum Gasteiger partial charge on any atom is 0.339 e. The fourth-order valence-electron chi connectivity index (χ4n) is 3.54. The number of allylic oxidation sites excluding steroid dienone is 6. The highest BCUT2D eigenvalue weighted by atomic mass is 16.4. The number of aliphatic carboxylic acids is 1. The number of nitrogens with zero attached hydrogens (tertiary/aromatic N) is 2. The van der Waals surface area contributed by atoms with E-state index in [0.29, 0.717) is 11.0 Å². The van der Waals surface area contributed by atoms with Crippen LogP contribution in [-0.2, 0) is 4.79 Å². The Morgan fingerprint density at radius 2 is 1.58 bits per heavy atom. The highest BCUT2D eigenvalue weighted by Crippen LogP contribution is 2.26. The van der Waals surface area contributed by atoms with Gasteiger partial charge in [0.1, 0.15) is 5.57 Å². The van der Waals surface area contributed by atoms with E-state index in [1.54, 1.807) is 18.3 Å². The average Bonchev–Trinajstić information content (AvgIpc) is 3.54. The lowest BCUT2D eigenvalue weighted by atomic mass is 10.1. The molecule has 0 unspecified atom stereocenters. The van der Waals surface area contributed by atoms with Gasteiger partial charge in [0.15, 0.2) is 0 Å². The fraction of sp³-hybridized carbons (Fsp3) is 0.160. The number of carboxylic acids is 1. The predicted molar refractivity (Wildman–Crippen MR) is 125 cm³/mol. The summed E-state index contributed by atoms with van der Waals surface area (Å²) >= 11 is 0. The third kappa shape index (κ3) is 3.92. The van der Waals surface area contributed by atoms with E-state index in [4.69, 9.17) is 4.99 Å². The Morgan fingerprint density at radius 3 is 2.23 bits per heavy atom. The van der Waals surface area contributed by atoms with Crippen molar-refractivity contribution < 1.29 is 9.90 Å². The lowest BCUT2D eigenvalue weighted by Gasteiger charge is -2.03. The molecule has 2 aliphatic rings. The number of hydrogen-bond acceptors (Lipinski definition) is 3. The van der Waals surface area contributed by atoms with E-state index in [0.717, 1.165) is 44.9 Å². The first-order valence-corrected chi connectivity index (χ1v) is 10.0. The Labute approximate surface area is 180 Å². The summed E-state index contributed by atoms with van der Waals surface area (Å²) in [6.45, 7) is 7.94. The van der Waals surface area contributed by atoms with E-state index in [1.165, 1.54) is 0 Å². The lowest BCUT2D eigenvalue weighted by Crippen LogP contribution is -2.19. The molecule has 0 fully saturated rings. The van der Waals surface area contributed by atoms with E-state index in [2.05, 4.69) is 15.0 Å². The van der Waals surface area contributed by atoms with Crippen LogP contribution in [-0.4, -0.2) is 33.0 Å². The van der Waals surface area contributed by atoms with Crippen molar-refractivity contribution in [1.29, 1.82) is 0 Å². The predicted octanol–water partition coefficient (Wildman–Crippen LogP) is 3.47. The molecular weight excluding hydrogens is 388 g/mol. The van der Waals surface area contributed by atoms with Gasteiger partial charge < -0.3 is 15.1 Å². The summed E-state index contributed by atoms with van der Waals surface area (Å²) in [7, 11) is 0. The lowest BCUT2D eigenvalue weighted by molar-refractivity contribution is -0.130. The number of aliphatic imine (C=N–C) groups is 2. The van der Waals surface area contributed by atoms with Crippen LogP contribution in [0, 0.1) is 0 Å². The summed E-state index contributed by atoms with van der Waals surface area (Å²) < 4.78 is 0. The van der Waals surface area contributed by atoms with E-state index in [-0.39, 0.29) is 5.57 Å². The Balaban J connectivity index is 1.73. The summed E-state index contributed by atoms with van der Waals surface area (Å²) in [5.74, 6) is -0.991. The monoisotopic (exact) mass is 412 g/mol. The van der Waals surface area contributed by atoms with Crippen LogP contribution in [0.1, 0.15) is 39.1 Å².